The van der Waals surface area contributed by atoms with E-state index in [2.05, 4.69) is 34.9 Å². The van der Waals surface area contributed by atoms with Crippen LogP contribution in [0.25, 0.3) is 16.9 Å². The molecule has 1 aliphatic carbocycles. The molecule has 7 nitrogen and oxygen atoms in total. The van der Waals surface area contributed by atoms with E-state index in [1.807, 2.05) is 35.0 Å². The molecule has 0 atom stereocenters. The van der Waals surface area contributed by atoms with E-state index in [4.69, 9.17) is 30.8 Å². The van der Waals surface area contributed by atoms with Gasteiger partial charge >= 0.3 is 0 Å². The lowest BCUT2D eigenvalue weighted by Gasteiger charge is -2.30. The maximum Gasteiger partial charge on any atom is 0.141 e. The van der Waals surface area contributed by atoms with E-state index >= 15 is 0 Å². The Hall–Kier alpha value is -3.42. The van der Waals surface area contributed by atoms with Gasteiger partial charge in [0.2, 0.25) is 0 Å². The molecule has 1 saturated carbocycles. The van der Waals surface area contributed by atoms with Crippen LogP contribution >= 0.6 is 11.6 Å². The third-order valence-electron chi connectivity index (χ3n) is 7.06. The summed E-state index contributed by atoms with van der Waals surface area (Å²) in [6, 6.07) is 17.1. The molecule has 0 unspecified atom stereocenters. The van der Waals surface area contributed by atoms with E-state index in [1.165, 1.54) is 5.56 Å². The second-order valence-corrected chi connectivity index (χ2v) is 9.82. The summed E-state index contributed by atoms with van der Waals surface area (Å²) in [5.74, 6) is 2.13. The van der Waals surface area contributed by atoms with Crippen molar-refractivity contribution in [2.24, 2.45) is 0 Å². The molecule has 1 fully saturated rings. The number of ether oxygens (including phenoxy) is 3. The smallest absolute Gasteiger partial charge is 0.141 e. The average molecular weight is 521 g/mol. The zero-order valence-electron chi connectivity index (χ0n) is 21.5. The molecule has 2 aromatic heterocycles. The molecule has 2 aromatic carbocycles. The van der Waals surface area contributed by atoms with Gasteiger partial charge in [-0.05, 0) is 55.5 Å². The van der Waals surface area contributed by atoms with E-state index in [0.717, 1.165) is 60.6 Å². The fourth-order valence-electron chi connectivity index (χ4n) is 4.94. The van der Waals surface area contributed by atoms with Gasteiger partial charge in [-0.2, -0.15) is 0 Å². The van der Waals surface area contributed by atoms with E-state index in [9.17, 15) is 0 Å². The SMILES string of the molecule is COc1ccc(CN[C@H]2CC[C@@H](Nc3ccn4cc(-c5cc(Cl)c(OC)cc5OC)nc4c3)CC2)cc1. The topological polar surface area (TPSA) is 69.1 Å². The van der Waals surface area contributed by atoms with Crippen LogP contribution in [0.3, 0.4) is 0 Å². The third kappa shape index (κ3) is 5.78. The molecule has 1 aliphatic rings. The van der Waals surface area contributed by atoms with Gasteiger partial charge in [0, 0.05) is 54.4 Å². The quantitative estimate of drug-likeness (QED) is 0.274. The lowest BCUT2D eigenvalue weighted by Crippen LogP contribution is -2.36. The second kappa shape index (κ2) is 11.3. The number of anilines is 1. The summed E-state index contributed by atoms with van der Waals surface area (Å²) in [5.41, 5.74) is 4.85. The summed E-state index contributed by atoms with van der Waals surface area (Å²) >= 11 is 6.38. The second-order valence-electron chi connectivity index (χ2n) is 9.42. The number of imidazole rings is 1. The largest absolute Gasteiger partial charge is 0.497 e. The number of benzene rings is 2. The highest BCUT2D eigenvalue weighted by Gasteiger charge is 2.21. The Morgan fingerprint density at radius 2 is 1.62 bits per heavy atom. The molecular weight excluding hydrogens is 488 g/mol. The summed E-state index contributed by atoms with van der Waals surface area (Å²) in [5, 5.41) is 7.95. The molecule has 0 radical (unpaired) electrons. The summed E-state index contributed by atoms with van der Waals surface area (Å²) in [7, 11) is 4.92. The first-order chi connectivity index (χ1) is 18.1. The van der Waals surface area contributed by atoms with Crippen LogP contribution in [0.4, 0.5) is 5.69 Å². The predicted molar refractivity (Wildman–Crippen MR) is 148 cm³/mol. The van der Waals surface area contributed by atoms with Crippen molar-refractivity contribution in [3.8, 4) is 28.5 Å². The van der Waals surface area contributed by atoms with Crippen LogP contribution in [0, 0.1) is 0 Å². The number of nitrogens with one attached hydrogen (secondary N) is 2. The van der Waals surface area contributed by atoms with E-state index < -0.39 is 0 Å². The Bertz CT molecular complexity index is 1350. The molecule has 0 amide bonds. The number of methoxy groups -OCH3 is 3. The highest BCUT2D eigenvalue weighted by molar-refractivity contribution is 6.32. The van der Waals surface area contributed by atoms with Crippen LogP contribution in [-0.2, 0) is 6.54 Å². The summed E-state index contributed by atoms with van der Waals surface area (Å²) < 4.78 is 18.1. The monoisotopic (exact) mass is 520 g/mol. The predicted octanol–water partition coefficient (Wildman–Crippen LogP) is 6.19. The summed E-state index contributed by atoms with van der Waals surface area (Å²) in [6.07, 6.45) is 8.59. The minimum absolute atomic E-state index is 0.455. The van der Waals surface area contributed by atoms with Crippen LogP contribution in [0.5, 0.6) is 17.2 Å². The Morgan fingerprint density at radius 3 is 2.32 bits per heavy atom. The first-order valence-electron chi connectivity index (χ1n) is 12.6. The van der Waals surface area contributed by atoms with E-state index in [-0.39, 0.29) is 0 Å². The number of hydrogen-bond acceptors (Lipinski definition) is 6. The van der Waals surface area contributed by atoms with Gasteiger partial charge < -0.3 is 29.2 Å². The van der Waals surface area contributed by atoms with Gasteiger partial charge in [0.15, 0.2) is 0 Å². The van der Waals surface area contributed by atoms with Crippen LogP contribution < -0.4 is 24.8 Å². The molecule has 0 spiro atoms. The molecule has 0 saturated heterocycles. The van der Waals surface area contributed by atoms with Crippen molar-refractivity contribution in [2.75, 3.05) is 26.6 Å². The van der Waals surface area contributed by atoms with Crippen LogP contribution in [0.1, 0.15) is 31.2 Å². The summed E-state index contributed by atoms with van der Waals surface area (Å²) in [6.45, 7) is 0.885. The molecule has 5 rings (SSSR count). The van der Waals surface area contributed by atoms with Gasteiger partial charge in [-0.15, -0.1) is 0 Å². The Kier molecular flexibility index (Phi) is 7.72. The van der Waals surface area contributed by atoms with Crippen molar-refractivity contribution in [1.29, 1.82) is 0 Å². The molecule has 2 N–H and O–H groups in total. The van der Waals surface area contributed by atoms with Gasteiger partial charge in [0.25, 0.3) is 0 Å². The van der Waals surface area contributed by atoms with Crippen molar-refractivity contribution in [3.05, 3.63) is 71.5 Å². The number of aromatic nitrogens is 2. The third-order valence-corrected chi connectivity index (χ3v) is 7.36. The number of nitrogens with zero attached hydrogens (tertiary/aromatic N) is 2. The molecule has 0 aliphatic heterocycles. The maximum atomic E-state index is 6.38. The van der Waals surface area contributed by atoms with Crippen LogP contribution in [0.2, 0.25) is 5.02 Å². The van der Waals surface area contributed by atoms with Crippen molar-refractivity contribution >= 4 is 22.9 Å². The first-order valence-corrected chi connectivity index (χ1v) is 13.0. The van der Waals surface area contributed by atoms with Crippen molar-refractivity contribution in [3.63, 3.8) is 0 Å². The molecule has 0 bridgehead atoms. The number of fused-ring (bicyclic) bond motifs is 1. The zero-order chi connectivity index (χ0) is 25.8. The van der Waals surface area contributed by atoms with E-state index in [0.29, 0.717) is 28.6 Å². The number of halogens is 1. The van der Waals surface area contributed by atoms with E-state index in [1.54, 1.807) is 27.4 Å². The van der Waals surface area contributed by atoms with Gasteiger partial charge in [-0.3, -0.25) is 0 Å². The zero-order valence-corrected chi connectivity index (χ0v) is 22.2. The van der Waals surface area contributed by atoms with Crippen LogP contribution in [-0.4, -0.2) is 42.8 Å². The minimum atomic E-state index is 0.455. The molecule has 37 heavy (non-hydrogen) atoms. The summed E-state index contributed by atoms with van der Waals surface area (Å²) in [4.78, 5) is 4.84. The van der Waals surface area contributed by atoms with Gasteiger partial charge in [0.1, 0.15) is 22.9 Å². The first kappa shape index (κ1) is 25.2. The van der Waals surface area contributed by atoms with Crippen molar-refractivity contribution < 1.29 is 14.2 Å². The van der Waals surface area contributed by atoms with Crippen molar-refractivity contribution in [1.82, 2.24) is 14.7 Å². The van der Waals surface area contributed by atoms with Crippen molar-refractivity contribution in [2.45, 2.75) is 44.3 Å². The lowest BCUT2D eigenvalue weighted by molar-refractivity contribution is 0.353. The van der Waals surface area contributed by atoms with Gasteiger partial charge in [-0.25, -0.2) is 4.98 Å². The number of pyridine rings is 1. The lowest BCUT2D eigenvalue weighted by atomic mass is 9.91. The minimum Gasteiger partial charge on any atom is -0.497 e. The maximum absolute atomic E-state index is 6.38. The average Bonchev–Trinajstić information content (AvgIpc) is 3.36. The van der Waals surface area contributed by atoms with Gasteiger partial charge in [0.05, 0.1) is 32.0 Å². The fourth-order valence-corrected chi connectivity index (χ4v) is 5.19. The normalized spacial score (nSPS) is 17.5. The van der Waals surface area contributed by atoms with Gasteiger partial charge in [-0.1, -0.05) is 23.7 Å². The molecule has 2 heterocycles. The number of rotatable bonds is 9. The molecular formula is C29H33ClN4O3. The Morgan fingerprint density at radius 1 is 0.892 bits per heavy atom. The highest BCUT2D eigenvalue weighted by atomic mass is 35.5. The molecule has 4 aromatic rings. The number of hydrogen-bond donors (Lipinski definition) is 2. The Labute approximate surface area is 222 Å². The standard InChI is InChI=1S/C29H33ClN4O3/c1-35-23-10-4-19(5-11-23)17-31-20-6-8-21(9-7-20)32-22-12-13-34-18-26(33-29(34)14-22)24-15-25(30)28(37-3)16-27(24)36-2/h4-5,10-16,18,20-21,31-32H,6-9,17H2,1-3H3/t20-,21+. The molecule has 8 heteroatoms. The highest BCUT2D eigenvalue weighted by Crippen LogP contribution is 2.38. The fraction of sp³-hybridized carbons (Fsp3) is 0.345. The Balaban J connectivity index is 1.20. The van der Waals surface area contributed by atoms with Crippen LogP contribution in [0.15, 0.2) is 60.9 Å². The molecule has 194 valence electrons.